The van der Waals surface area contributed by atoms with Crippen molar-refractivity contribution in [1.29, 1.82) is 0 Å². The summed E-state index contributed by atoms with van der Waals surface area (Å²) >= 11 is 5.16. The Hall–Kier alpha value is -3.06. The van der Waals surface area contributed by atoms with Crippen molar-refractivity contribution in [1.82, 2.24) is 10.6 Å². The summed E-state index contributed by atoms with van der Waals surface area (Å²) in [6.07, 6.45) is 3.86. The Morgan fingerprint density at radius 2 is 1.71 bits per heavy atom. The van der Waals surface area contributed by atoms with Crippen LogP contribution < -0.4 is 24.8 Å². The van der Waals surface area contributed by atoms with Gasteiger partial charge in [0, 0.05) is 12.6 Å². The number of rotatable bonds is 8. The Morgan fingerprint density at radius 1 is 1.00 bits per heavy atom. The lowest BCUT2D eigenvalue weighted by Gasteiger charge is -2.11. The summed E-state index contributed by atoms with van der Waals surface area (Å²) in [7, 11) is 4.81. The number of hydrogen-bond donors (Lipinski definition) is 2. The molecule has 0 atom stereocenters. The lowest BCUT2D eigenvalue weighted by Crippen LogP contribution is -2.39. The predicted octanol–water partition coefficient (Wildman–Crippen LogP) is 2.96. The van der Waals surface area contributed by atoms with Gasteiger partial charge in [-0.1, -0.05) is 18.2 Å². The molecule has 6 nitrogen and oxygen atoms in total. The molecule has 0 spiro atoms. The van der Waals surface area contributed by atoms with E-state index in [1.165, 1.54) is 6.08 Å². The molecule has 0 aromatic heterocycles. The number of ether oxygens (including phenoxy) is 3. The van der Waals surface area contributed by atoms with E-state index in [0.717, 1.165) is 23.3 Å². The molecule has 1 amide bonds. The second-order valence-electron chi connectivity index (χ2n) is 5.79. The smallest absolute Gasteiger partial charge is 0.250 e. The third-order valence-corrected chi connectivity index (χ3v) is 4.17. The van der Waals surface area contributed by atoms with Gasteiger partial charge in [0.1, 0.15) is 5.75 Å². The monoisotopic (exact) mass is 400 g/mol. The molecule has 0 heterocycles. The van der Waals surface area contributed by atoms with E-state index in [2.05, 4.69) is 10.6 Å². The summed E-state index contributed by atoms with van der Waals surface area (Å²) in [6.45, 7) is 0.580. The number of hydrogen-bond acceptors (Lipinski definition) is 5. The Balaban J connectivity index is 1.77. The van der Waals surface area contributed by atoms with Crippen molar-refractivity contribution in [3.8, 4) is 17.2 Å². The largest absolute Gasteiger partial charge is 0.497 e. The van der Waals surface area contributed by atoms with Crippen LogP contribution >= 0.6 is 12.2 Å². The highest BCUT2D eigenvalue weighted by Gasteiger charge is 2.05. The molecule has 0 saturated carbocycles. The Bertz CT molecular complexity index is 835. The van der Waals surface area contributed by atoms with E-state index in [0.29, 0.717) is 18.0 Å². The van der Waals surface area contributed by atoms with Crippen LogP contribution in [-0.2, 0) is 11.2 Å². The minimum Gasteiger partial charge on any atom is -0.497 e. The van der Waals surface area contributed by atoms with Crippen LogP contribution in [0.5, 0.6) is 17.2 Å². The molecule has 0 bridgehead atoms. The van der Waals surface area contributed by atoms with E-state index >= 15 is 0 Å². The number of carbonyl (C=O) groups excluding carboxylic acids is 1. The zero-order chi connectivity index (χ0) is 20.4. The zero-order valence-electron chi connectivity index (χ0n) is 16.2. The SMILES string of the molecule is COc1ccc(C=CC(=O)NC(=S)NCCc2ccc(OC)c(OC)c2)cc1. The standard InChI is InChI=1S/C21H24N2O4S/c1-25-17-8-4-15(5-9-17)7-11-20(24)23-21(28)22-13-12-16-6-10-18(26-2)19(14-16)27-3/h4-11,14H,12-13H2,1-3H3,(H2,22,23,24,28). The summed E-state index contributed by atoms with van der Waals surface area (Å²) in [4.78, 5) is 12.0. The van der Waals surface area contributed by atoms with Crippen molar-refractivity contribution in [2.45, 2.75) is 6.42 Å². The quantitative estimate of drug-likeness (QED) is 0.525. The number of benzene rings is 2. The molecule has 2 rings (SSSR count). The fraction of sp³-hybridized carbons (Fsp3) is 0.238. The van der Waals surface area contributed by atoms with Crippen LogP contribution in [0.3, 0.4) is 0 Å². The molecule has 0 unspecified atom stereocenters. The van der Waals surface area contributed by atoms with Crippen molar-refractivity contribution in [2.75, 3.05) is 27.9 Å². The van der Waals surface area contributed by atoms with Gasteiger partial charge >= 0.3 is 0 Å². The normalized spacial score (nSPS) is 10.4. The topological polar surface area (TPSA) is 68.8 Å². The van der Waals surface area contributed by atoms with Gasteiger partial charge in [0.25, 0.3) is 0 Å². The highest BCUT2D eigenvalue weighted by atomic mass is 32.1. The van der Waals surface area contributed by atoms with Crippen molar-refractivity contribution in [3.05, 3.63) is 59.7 Å². The van der Waals surface area contributed by atoms with Gasteiger partial charge in [0.15, 0.2) is 16.6 Å². The van der Waals surface area contributed by atoms with Crippen LogP contribution in [0, 0.1) is 0 Å². The Labute approximate surface area is 170 Å². The second-order valence-corrected chi connectivity index (χ2v) is 6.20. The van der Waals surface area contributed by atoms with Crippen LogP contribution in [0.25, 0.3) is 6.08 Å². The van der Waals surface area contributed by atoms with Crippen LogP contribution in [0.4, 0.5) is 0 Å². The van der Waals surface area contributed by atoms with E-state index in [1.807, 2.05) is 42.5 Å². The lowest BCUT2D eigenvalue weighted by atomic mass is 10.1. The van der Waals surface area contributed by atoms with Crippen LogP contribution in [0.15, 0.2) is 48.5 Å². The minimum absolute atomic E-state index is 0.282. The number of thiocarbonyl (C=S) groups is 1. The molecule has 2 N–H and O–H groups in total. The van der Waals surface area contributed by atoms with Crippen molar-refractivity contribution in [3.63, 3.8) is 0 Å². The minimum atomic E-state index is -0.292. The first-order chi connectivity index (χ1) is 13.5. The van der Waals surface area contributed by atoms with E-state index < -0.39 is 0 Å². The molecule has 28 heavy (non-hydrogen) atoms. The highest BCUT2D eigenvalue weighted by molar-refractivity contribution is 7.80. The third-order valence-electron chi connectivity index (χ3n) is 3.93. The van der Waals surface area contributed by atoms with Gasteiger partial charge in [-0.05, 0) is 60.1 Å². The number of methoxy groups -OCH3 is 3. The fourth-order valence-corrected chi connectivity index (χ4v) is 2.64. The summed E-state index contributed by atoms with van der Waals surface area (Å²) in [5, 5.41) is 5.93. The maximum Gasteiger partial charge on any atom is 0.250 e. The molecule has 0 saturated heterocycles. The van der Waals surface area contributed by atoms with Crippen molar-refractivity contribution < 1.29 is 19.0 Å². The van der Waals surface area contributed by atoms with E-state index in [1.54, 1.807) is 27.4 Å². The third kappa shape index (κ3) is 6.59. The molecule has 0 aliphatic heterocycles. The predicted molar refractivity (Wildman–Crippen MR) is 114 cm³/mol. The molecule has 0 aliphatic carbocycles. The van der Waals surface area contributed by atoms with Crippen molar-refractivity contribution >= 4 is 29.3 Å². The van der Waals surface area contributed by atoms with Gasteiger partial charge in [0.05, 0.1) is 21.3 Å². The zero-order valence-corrected chi connectivity index (χ0v) is 17.0. The average molecular weight is 401 g/mol. The van der Waals surface area contributed by atoms with Gasteiger partial charge in [-0.3, -0.25) is 10.1 Å². The van der Waals surface area contributed by atoms with Crippen LogP contribution in [0.2, 0.25) is 0 Å². The van der Waals surface area contributed by atoms with Gasteiger partial charge in [-0.2, -0.15) is 0 Å². The Kier molecular flexibility index (Phi) is 8.30. The molecular weight excluding hydrogens is 376 g/mol. The summed E-state index contributed by atoms with van der Waals surface area (Å²) in [5.41, 5.74) is 1.96. The lowest BCUT2D eigenvalue weighted by molar-refractivity contribution is -0.115. The van der Waals surface area contributed by atoms with E-state index in [-0.39, 0.29) is 11.0 Å². The molecule has 7 heteroatoms. The van der Waals surface area contributed by atoms with Crippen molar-refractivity contribution in [2.24, 2.45) is 0 Å². The van der Waals surface area contributed by atoms with Gasteiger partial charge < -0.3 is 19.5 Å². The molecule has 2 aromatic carbocycles. The first kappa shape index (κ1) is 21.2. The molecular formula is C21H24N2O4S. The van der Waals surface area contributed by atoms with Gasteiger partial charge in [0.2, 0.25) is 5.91 Å². The first-order valence-corrected chi connectivity index (χ1v) is 9.08. The number of nitrogens with one attached hydrogen (secondary N) is 2. The summed E-state index contributed by atoms with van der Waals surface area (Å²) in [6, 6.07) is 13.1. The molecule has 0 aliphatic rings. The van der Waals surface area contributed by atoms with E-state index in [9.17, 15) is 4.79 Å². The molecule has 0 fully saturated rings. The molecule has 2 aromatic rings. The average Bonchev–Trinajstić information content (AvgIpc) is 2.72. The highest BCUT2D eigenvalue weighted by Crippen LogP contribution is 2.27. The van der Waals surface area contributed by atoms with Gasteiger partial charge in [-0.15, -0.1) is 0 Å². The molecule has 0 radical (unpaired) electrons. The van der Waals surface area contributed by atoms with Gasteiger partial charge in [-0.25, -0.2) is 0 Å². The fourth-order valence-electron chi connectivity index (χ4n) is 2.44. The number of amides is 1. The summed E-state index contributed by atoms with van der Waals surface area (Å²) < 4.78 is 15.6. The second kappa shape index (κ2) is 10.9. The molecule has 148 valence electrons. The van der Waals surface area contributed by atoms with Crippen LogP contribution in [-0.4, -0.2) is 38.9 Å². The maximum absolute atomic E-state index is 12.0. The first-order valence-electron chi connectivity index (χ1n) is 8.67. The van der Waals surface area contributed by atoms with E-state index in [4.69, 9.17) is 26.4 Å². The summed E-state index contributed by atoms with van der Waals surface area (Å²) in [5.74, 6) is 1.84. The Morgan fingerprint density at radius 3 is 2.36 bits per heavy atom. The number of carbonyl (C=O) groups is 1. The maximum atomic E-state index is 12.0. The van der Waals surface area contributed by atoms with Crippen LogP contribution in [0.1, 0.15) is 11.1 Å².